The van der Waals surface area contributed by atoms with Crippen molar-refractivity contribution in [3.63, 3.8) is 0 Å². The second-order valence-electron chi connectivity index (χ2n) is 4.69. The van der Waals surface area contributed by atoms with Gasteiger partial charge < -0.3 is 21.5 Å². The van der Waals surface area contributed by atoms with Crippen LogP contribution in [-0.4, -0.2) is 19.6 Å². The summed E-state index contributed by atoms with van der Waals surface area (Å²) in [6.07, 6.45) is 0.862. The van der Waals surface area contributed by atoms with Crippen LogP contribution < -0.4 is 21.5 Å². The highest BCUT2D eigenvalue weighted by molar-refractivity contribution is 5.94. The molecule has 5 heteroatoms. The third-order valence-electron chi connectivity index (χ3n) is 3.22. The van der Waals surface area contributed by atoms with Crippen LogP contribution in [0.2, 0.25) is 0 Å². The molecule has 2 rings (SSSR count). The minimum atomic E-state index is -0.480. The van der Waals surface area contributed by atoms with Crippen LogP contribution in [0.15, 0.2) is 42.5 Å². The largest absolute Gasteiger partial charge is 0.497 e. The monoisotopic (exact) mass is 285 g/mol. The summed E-state index contributed by atoms with van der Waals surface area (Å²) in [6, 6.07) is 12.9. The summed E-state index contributed by atoms with van der Waals surface area (Å²) < 4.78 is 5.12. The number of anilines is 2. The first kappa shape index (κ1) is 14.7. The van der Waals surface area contributed by atoms with Gasteiger partial charge in [0.2, 0.25) is 5.91 Å². The van der Waals surface area contributed by atoms with Crippen molar-refractivity contribution in [3.05, 3.63) is 53.6 Å². The first-order valence-corrected chi connectivity index (χ1v) is 6.66. The molecule has 0 aliphatic carbocycles. The molecule has 0 bridgehead atoms. The molecule has 0 heterocycles. The minimum Gasteiger partial charge on any atom is -0.497 e. The van der Waals surface area contributed by atoms with E-state index in [1.54, 1.807) is 25.3 Å². The Morgan fingerprint density at radius 2 is 1.90 bits per heavy atom. The Hall–Kier alpha value is -2.69. The molecule has 2 aromatic rings. The number of methoxy groups -OCH3 is 1. The number of hydrogen-bond donors (Lipinski definition) is 3. The number of nitrogen functional groups attached to an aromatic ring is 1. The number of primary amides is 1. The average Bonchev–Trinajstić information content (AvgIpc) is 2.49. The molecule has 110 valence electrons. The number of carbonyl (C=O) groups is 1. The maximum Gasteiger partial charge on any atom is 0.248 e. The Morgan fingerprint density at radius 3 is 2.48 bits per heavy atom. The van der Waals surface area contributed by atoms with E-state index < -0.39 is 5.91 Å². The first-order valence-electron chi connectivity index (χ1n) is 6.66. The normalized spacial score (nSPS) is 10.1. The fourth-order valence-electron chi connectivity index (χ4n) is 2.01. The fraction of sp³-hybridized carbons (Fsp3) is 0.188. The van der Waals surface area contributed by atoms with Gasteiger partial charge in [-0.3, -0.25) is 4.79 Å². The maximum atomic E-state index is 11.1. The van der Waals surface area contributed by atoms with Gasteiger partial charge in [-0.15, -0.1) is 0 Å². The van der Waals surface area contributed by atoms with Crippen molar-refractivity contribution in [1.82, 2.24) is 0 Å². The van der Waals surface area contributed by atoms with Crippen LogP contribution in [0.1, 0.15) is 15.9 Å². The summed E-state index contributed by atoms with van der Waals surface area (Å²) in [5, 5.41) is 3.25. The van der Waals surface area contributed by atoms with Gasteiger partial charge in [0.05, 0.1) is 18.5 Å². The van der Waals surface area contributed by atoms with E-state index >= 15 is 0 Å². The number of amides is 1. The third-order valence-corrected chi connectivity index (χ3v) is 3.22. The second-order valence-corrected chi connectivity index (χ2v) is 4.69. The van der Waals surface area contributed by atoms with Crippen LogP contribution in [0, 0.1) is 0 Å². The molecule has 0 saturated carbocycles. The van der Waals surface area contributed by atoms with Gasteiger partial charge in [-0.25, -0.2) is 0 Å². The predicted octanol–water partition coefficient (Wildman–Crippen LogP) is 2.03. The van der Waals surface area contributed by atoms with Gasteiger partial charge in [0, 0.05) is 12.1 Å². The summed E-state index contributed by atoms with van der Waals surface area (Å²) in [6.45, 7) is 0.743. The molecule has 2 aromatic carbocycles. The quantitative estimate of drug-likeness (QED) is 0.708. The molecule has 0 unspecified atom stereocenters. The Balaban J connectivity index is 1.92. The molecule has 0 aromatic heterocycles. The molecule has 21 heavy (non-hydrogen) atoms. The summed E-state index contributed by atoms with van der Waals surface area (Å²) >= 11 is 0. The molecule has 1 amide bonds. The number of hydrogen-bond acceptors (Lipinski definition) is 4. The van der Waals surface area contributed by atoms with Crippen LogP contribution in [0.4, 0.5) is 11.4 Å². The van der Waals surface area contributed by atoms with Gasteiger partial charge in [0.15, 0.2) is 0 Å². The van der Waals surface area contributed by atoms with Crippen molar-refractivity contribution < 1.29 is 9.53 Å². The van der Waals surface area contributed by atoms with Crippen molar-refractivity contribution in [3.8, 4) is 5.75 Å². The molecule has 0 fully saturated rings. The Labute approximate surface area is 123 Å². The smallest absolute Gasteiger partial charge is 0.248 e. The first-order chi connectivity index (χ1) is 10.1. The zero-order valence-electron chi connectivity index (χ0n) is 11.9. The van der Waals surface area contributed by atoms with Crippen molar-refractivity contribution >= 4 is 17.3 Å². The van der Waals surface area contributed by atoms with E-state index in [0.717, 1.165) is 24.4 Å². The van der Waals surface area contributed by atoms with Gasteiger partial charge in [0.25, 0.3) is 0 Å². The van der Waals surface area contributed by atoms with E-state index in [9.17, 15) is 4.79 Å². The van der Waals surface area contributed by atoms with E-state index in [1.165, 1.54) is 5.56 Å². The summed E-state index contributed by atoms with van der Waals surface area (Å²) in [4.78, 5) is 11.1. The summed E-state index contributed by atoms with van der Waals surface area (Å²) in [5.41, 5.74) is 14.0. The molecular weight excluding hydrogens is 266 g/mol. The Bertz CT molecular complexity index is 624. The van der Waals surface area contributed by atoms with Crippen molar-refractivity contribution in [2.24, 2.45) is 5.73 Å². The summed E-state index contributed by atoms with van der Waals surface area (Å²) in [7, 11) is 1.65. The number of nitrogens with one attached hydrogen (secondary N) is 1. The van der Waals surface area contributed by atoms with Gasteiger partial charge in [-0.05, 0) is 42.3 Å². The SMILES string of the molecule is COc1ccc(CCNc2ccc(C(N)=O)cc2N)cc1. The van der Waals surface area contributed by atoms with Crippen molar-refractivity contribution in [2.75, 3.05) is 24.7 Å². The molecule has 0 radical (unpaired) electrons. The number of ether oxygens (including phenoxy) is 1. The topological polar surface area (TPSA) is 90.4 Å². The highest BCUT2D eigenvalue weighted by atomic mass is 16.5. The lowest BCUT2D eigenvalue weighted by molar-refractivity contribution is 0.100. The van der Waals surface area contributed by atoms with Gasteiger partial charge in [0.1, 0.15) is 5.75 Å². The zero-order chi connectivity index (χ0) is 15.2. The standard InChI is InChI=1S/C16H19N3O2/c1-21-13-5-2-11(3-6-13)8-9-19-15-7-4-12(16(18)20)10-14(15)17/h2-7,10,19H,8-9,17H2,1H3,(H2,18,20). The lowest BCUT2D eigenvalue weighted by atomic mass is 10.1. The average molecular weight is 285 g/mol. The zero-order valence-corrected chi connectivity index (χ0v) is 11.9. The molecule has 0 aliphatic heterocycles. The van der Waals surface area contributed by atoms with Crippen LogP contribution in [0.25, 0.3) is 0 Å². The van der Waals surface area contributed by atoms with Crippen molar-refractivity contribution in [2.45, 2.75) is 6.42 Å². The summed E-state index contributed by atoms with van der Waals surface area (Å²) in [5.74, 6) is 0.365. The molecule has 0 saturated heterocycles. The van der Waals surface area contributed by atoms with Gasteiger partial charge in [-0.1, -0.05) is 12.1 Å². The molecule has 0 aliphatic rings. The maximum absolute atomic E-state index is 11.1. The number of rotatable bonds is 6. The molecule has 0 spiro atoms. The number of carbonyl (C=O) groups excluding carboxylic acids is 1. The van der Waals surface area contributed by atoms with E-state index in [1.807, 2.05) is 24.3 Å². The highest BCUT2D eigenvalue weighted by Gasteiger charge is 2.04. The van der Waals surface area contributed by atoms with Gasteiger partial charge in [-0.2, -0.15) is 0 Å². The van der Waals surface area contributed by atoms with Crippen LogP contribution in [0.3, 0.4) is 0 Å². The van der Waals surface area contributed by atoms with Crippen LogP contribution >= 0.6 is 0 Å². The number of benzene rings is 2. The van der Waals surface area contributed by atoms with Crippen LogP contribution in [-0.2, 0) is 6.42 Å². The molecule has 5 N–H and O–H groups in total. The van der Waals surface area contributed by atoms with E-state index in [2.05, 4.69) is 5.32 Å². The van der Waals surface area contributed by atoms with Crippen molar-refractivity contribution in [1.29, 1.82) is 0 Å². The molecule has 5 nitrogen and oxygen atoms in total. The lowest BCUT2D eigenvalue weighted by Gasteiger charge is -2.10. The lowest BCUT2D eigenvalue weighted by Crippen LogP contribution is -2.12. The molecule has 0 atom stereocenters. The number of nitrogens with two attached hydrogens (primary N) is 2. The molecular formula is C16H19N3O2. The van der Waals surface area contributed by atoms with Crippen LogP contribution in [0.5, 0.6) is 5.75 Å². The fourth-order valence-corrected chi connectivity index (χ4v) is 2.01. The minimum absolute atomic E-state index is 0.410. The third kappa shape index (κ3) is 3.89. The predicted molar refractivity (Wildman–Crippen MR) is 84.6 cm³/mol. The Kier molecular flexibility index (Phi) is 4.66. The van der Waals surface area contributed by atoms with E-state index in [0.29, 0.717) is 11.3 Å². The second kappa shape index (κ2) is 6.65. The van der Waals surface area contributed by atoms with E-state index in [-0.39, 0.29) is 0 Å². The van der Waals surface area contributed by atoms with E-state index in [4.69, 9.17) is 16.2 Å². The highest BCUT2D eigenvalue weighted by Crippen LogP contribution is 2.20. The Morgan fingerprint density at radius 1 is 1.19 bits per heavy atom. The van der Waals surface area contributed by atoms with Gasteiger partial charge >= 0.3 is 0 Å².